The van der Waals surface area contributed by atoms with E-state index in [0.717, 1.165) is 49.3 Å². The average Bonchev–Trinajstić information content (AvgIpc) is 2.97. The van der Waals surface area contributed by atoms with E-state index in [0.29, 0.717) is 0 Å². The van der Waals surface area contributed by atoms with E-state index < -0.39 is 0 Å². The van der Waals surface area contributed by atoms with Crippen LogP contribution in [0.3, 0.4) is 0 Å². The highest BCUT2D eigenvalue weighted by Gasteiger charge is 2.40. The van der Waals surface area contributed by atoms with Gasteiger partial charge in [0, 0.05) is 24.4 Å². The van der Waals surface area contributed by atoms with Crippen LogP contribution in [-0.2, 0) is 4.74 Å². The molecule has 0 radical (unpaired) electrons. The fourth-order valence-electron chi connectivity index (χ4n) is 3.73. The second kappa shape index (κ2) is 6.79. The number of ether oxygens (including phenoxy) is 2. The van der Waals surface area contributed by atoms with Crippen molar-refractivity contribution in [2.75, 3.05) is 19.0 Å². The number of nitrogens with one attached hydrogen (secondary N) is 2. The first-order valence-corrected chi connectivity index (χ1v) is 8.46. The summed E-state index contributed by atoms with van der Waals surface area (Å²) in [5.74, 6) is 0.738. The lowest BCUT2D eigenvalue weighted by molar-refractivity contribution is -0.0818. The standard InChI is InChI=1S/C18H26N2O3/c1-13-5-6-15(22-2)11-16(13)20-17(21)19-14-7-10-23-18(12-14)8-3-4-9-18/h5-6,11,14H,3-4,7-10,12H2,1-2H3,(H2,19,20,21)/t14-/m1/s1. The lowest BCUT2D eigenvalue weighted by Crippen LogP contribution is -2.48. The van der Waals surface area contributed by atoms with Gasteiger partial charge in [-0.3, -0.25) is 0 Å². The number of rotatable bonds is 3. The van der Waals surface area contributed by atoms with Crippen molar-refractivity contribution in [2.45, 2.75) is 57.1 Å². The maximum atomic E-state index is 12.3. The highest BCUT2D eigenvalue weighted by Crippen LogP contribution is 2.40. The number of anilines is 1. The van der Waals surface area contributed by atoms with Crippen LogP contribution in [0.15, 0.2) is 18.2 Å². The molecular formula is C18H26N2O3. The molecule has 0 bridgehead atoms. The molecule has 2 N–H and O–H groups in total. The van der Waals surface area contributed by atoms with Crippen molar-refractivity contribution in [3.63, 3.8) is 0 Å². The van der Waals surface area contributed by atoms with Gasteiger partial charge in [-0.25, -0.2) is 4.79 Å². The van der Waals surface area contributed by atoms with Crippen LogP contribution in [0.4, 0.5) is 10.5 Å². The summed E-state index contributed by atoms with van der Waals surface area (Å²) >= 11 is 0. The summed E-state index contributed by atoms with van der Waals surface area (Å²) < 4.78 is 11.2. The molecule has 126 valence electrons. The number of hydrogen-bond acceptors (Lipinski definition) is 3. The number of aryl methyl sites for hydroxylation is 1. The number of methoxy groups -OCH3 is 1. The second-order valence-corrected chi connectivity index (χ2v) is 6.71. The molecule has 1 aromatic carbocycles. The Bertz CT molecular complexity index is 567. The van der Waals surface area contributed by atoms with Crippen LogP contribution in [-0.4, -0.2) is 31.4 Å². The predicted octanol–water partition coefficient (Wildman–Crippen LogP) is 3.62. The molecule has 2 aliphatic rings. The molecule has 1 atom stereocenters. The minimum atomic E-state index is -0.151. The Hall–Kier alpha value is -1.75. The van der Waals surface area contributed by atoms with Crippen LogP contribution in [0.5, 0.6) is 5.75 Å². The van der Waals surface area contributed by atoms with Crippen molar-refractivity contribution in [3.8, 4) is 5.75 Å². The molecule has 0 unspecified atom stereocenters. The maximum absolute atomic E-state index is 12.3. The molecule has 1 aromatic rings. The third-order valence-corrected chi connectivity index (χ3v) is 5.04. The third kappa shape index (κ3) is 3.78. The number of carbonyl (C=O) groups is 1. The van der Waals surface area contributed by atoms with Gasteiger partial charge in [0.15, 0.2) is 0 Å². The summed E-state index contributed by atoms with van der Waals surface area (Å²) in [6.45, 7) is 2.71. The highest BCUT2D eigenvalue weighted by molar-refractivity contribution is 5.90. The third-order valence-electron chi connectivity index (χ3n) is 5.04. The topological polar surface area (TPSA) is 59.6 Å². The molecule has 3 rings (SSSR count). The van der Waals surface area contributed by atoms with Gasteiger partial charge in [-0.2, -0.15) is 0 Å². The van der Waals surface area contributed by atoms with Crippen LogP contribution in [0, 0.1) is 6.92 Å². The van der Waals surface area contributed by atoms with Crippen LogP contribution in [0.2, 0.25) is 0 Å². The Morgan fingerprint density at radius 2 is 2.13 bits per heavy atom. The Morgan fingerprint density at radius 3 is 2.87 bits per heavy atom. The summed E-state index contributed by atoms with van der Waals surface area (Å²) in [7, 11) is 1.62. The SMILES string of the molecule is COc1ccc(C)c(NC(=O)N[C@@H]2CCOC3(CCCC3)C2)c1. The molecule has 1 heterocycles. The normalized spacial score (nSPS) is 22.8. The second-order valence-electron chi connectivity index (χ2n) is 6.71. The molecule has 2 fully saturated rings. The van der Waals surface area contributed by atoms with Gasteiger partial charge >= 0.3 is 6.03 Å². The van der Waals surface area contributed by atoms with Crippen LogP contribution in [0.1, 0.15) is 44.1 Å². The Labute approximate surface area is 137 Å². The minimum Gasteiger partial charge on any atom is -0.497 e. The number of urea groups is 1. The number of hydrogen-bond donors (Lipinski definition) is 2. The van der Waals surface area contributed by atoms with Crippen LogP contribution < -0.4 is 15.4 Å². The van der Waals surface area contributed by atoms with Gasteiger partial charge in [0.2, 0.25) is 0 Å². The van der Waals surface area contributed by atoms with Gasteiger partial charge in [-0.15, -0.1) is 0 Å². The van der Waals surface area contributed by atoms with E-state index in [2.05, 4.69) is 10.6 Å². The van der Waals surface area contributed by atoms with Gasteiger partial charge in [-0.05, 0) is 44.2 Å². The van der Waals surface area contributed by atoms with Gasteiger partial charge in [0.25, 0.3) is 0 Å². The zero-order valence-electron chi connectivity index (χ0n) is 14.0. The summed E-state index contributed by atoms with van der Waals surface area (Å²) in [5, 5.41) is 6.05. The number of carbonyl (C=O) groups excluding carboxylic acids is 1. The van der Waals surface area contributed by atoms with Gasteiger partial charge in [0.05, 0.1) is 12.7 Å². The van der Waals surface area contributed by atoms with E-state index in [1.165, 1.54) is 12.8 Å². The molecule has 5 heteroatoms. The Kier molecular flexibility index (Phi) is 4.76. The van der Waals surface area contributed by atoms with E-state index in [9.17, 15) is 4.79 Å². The first kappa shape index (κ1) is 16.1. The molecule has 1 aliphatic carbocycles. The molecular weight excluding hydrogens is 292 g/mol. The van der Waals surface area contributed by atoms with E-state index >= 15 is 0 Å². The number of amides is 2. The van der Waals surface area contributed by atoms with E-state index in [-0.39, 0.29) is 17.7 Å². The summed E-state index contributed by atoms with van der Waals surface area (Å²) in [5.41, 5.74) is 1.81. The zero-order chi connectivity index (χ0) is 16.3. The van der Waals surface area contributed by atoms with Crippen molar-refractivity contribution in [1.29, 1.82) is 0 Å². The summed E-state index contributed by atoms with van der Waals surface area (Å²) in [6.07, 6.45) is 6.54. The van der Waals surface area contributed by atoms with Crippen molar-refractivity contribution in [1.82, 2.24) is 5.32 Å². The smallest absolute Gasteiger partial charge is 0.319 e. The lowest BCUT2D eigenvalue weighted by atomic mass is 9.89. The molecule has 0 aromatic heterocycles. The molecule has 1 aliphatic heterocycles. The van der Waals surface area contributed by atoms with Crippen molar-refractivity contribution in [3.05, 3.63) is 23.8 Å². The highest BCUT2D eigenvalue weighted by atomic mass is 16.5. The number of benzene rings is 1. The average molecular weight is 318 g/mol. The lowest BCUT2D eigenvalue weighted by Gasteiger charge is -2.38. The van der Waals surface area contributed by atoms with Gasteiger partial charge in [0.1, 0.15) is 5.75 Å². The summed E-state index contributed by atoms with van der Waals surface area (Å²) in [4.78, 5) is 12.3. The first-order chi connectivity index (χ1) is 11.1. The maximum Gasteiger partial charge on any atom is 0.319 e. The van der Waals surface area contributed by atoms with E-state index in [1.54, 1.807) is 7.11 Å². The molecule has 2 amide bonds. The molecule has 1 spiro atoms. The largest absolute Gasteiger partial charge is 0.497 e. The zero-order valence-corrected chi connectivity index (χ0v) is 14.0. The molecule has 1 saturated heterocycles. The van der Waals surface area contributed by atoms with Crippen molar-refractivity contribution < 1.29 is 14.3 Å². The van der Waals surface area contributed by atoms with Gasteiger partial charge < -0.3 is 20.1 Å². The van der Waals surface area contributed by atoms with E-state index in [4.69, 9.17) is 9.47 Å². The minimum absolute atomic E-state index is 0.0160. The monoisotopic (exact) mass is 318 g/mol. The molecule has 1 saturated carbocycles. The van der Waals surface area contributed by atoms with Crippen LogP contribution >= 0.6 is 0 Å². The van der Waals surface area contributed by atoms with E-state index in [1.807, 2.05) is 25.1 Å². The van der Waals surface area contributed by atoms with Crippen molar-refractivity contribution >= 4 is 11.7 Å². The molecule has 23 heavy (non-hydrogen) atoms. The van der Waals surface area contributed by atoms with Crippen LogP contribution in [0.25, 0.3) is 0 Å². The predicted molar refractivity (Wildman–Crippen MR) is 90.1 cm³/mol. The Balaban J connectivity index is 1.59. The van der Waals surface area contributed by atoms with Gasteiger partial charge in [-0.1, -0.05) is 18.9 Å². The van der Waals surface area contributed by atoms with Crippen molar-refractivity contribution in [2.24, 2.45) is 0 Å². The molecule has 5 nitrogen and oxygen atoms in total. The Morgan fingerprint density at radius 1 is 1.35 bits per heavy atom. The fraction of sp³-hybridized carbons (Fsp3) is 0.611. The fourth-order valence-corrected chi connectivity index (χ4v) is 3.73. The first-order valence-electron chi connectivity index (χ1n) is 8.46. The quantitative estimate of drug-likeness (QED) is 0.895. The summed E-state index contributed by atoms with van der Waals surface area (Å²) in [6, 6.07) is 5.71.